The first-order chi connectivity index (χ1) is 9.00. The Kier molecular flexibility index (Phi) is 3.99. The number of halogens is 2. The minimum absolute atomic E-state index is 0.0614. The Bertz CT molecular complexity index is 465. The molecule has 0 radical (unpaired) electrons. The van der Waals surface area contributed by atoms with E-state index in [-0.39, 0.29) is 26.2 Å². The van der Waals surface area contributed by atoms with Crippen LogP contribution in [0.4, 0.5) is 8.78 Å². The van der Waals surface area contributed by atoms with E-state index >= 15 is 0 Å². The number of benzene rings is 1. The number of hydrogen-bond donors (Lipinski definition) is 1. The van der Waals surface area contributed by atoms with E-state index in [2.05, 4.69) is 0 Å². The number of nitrogens with zero attached hydrogens (tertiary/aromatic N) is 1. The molecule has 0 aromatic heterocycles. The normalized spacial score (nSPS) is 17.5. The molecule has 0 aliphatic carbocycles. The molecule has 6 heteroatoms. The maximum atomic E-state index is 13.0. The summed E-state index contributed by atoms with van der Waals surface area (Å²) in [5.74, 6) is -2.80. The molecule has 1 aromatic carbocycles. The first-order valence-corrected chi connectivity index (χ1v) is 5.98. The van der Waals surface area contributed by atoms with Gasteiger partial charge in [-0.2, -0.15) is 0 Å². The number of aliphatic hydroxyl groups excluding tert-OH is 1. The molecule has 1 aliphatic heterocycles. The van der Waals surface area contributed by atoms with Gasteiger partial charge in [0.25, 0.3) is 11.8 Å². The molecule has 19 heavy (non-hydrogen) atoms. The van der Waals surface area contributed by atoms with Gasteiger partial charge in [0.05, 0.1) is 13.2 Å². The Morgan fingerprint density at radius 1 is 1.47 bits per heavy atom. The molecule has 1 fully saturated rings. The third kappa shape index (κ3) is 3.64. The molecular formula is C13H15F2NO3. The summed E-state index contributed by atoms with van der Waals surface area (Å²) in [6.07, 6.45) is -0.293. The number of amides is 1. The van der Waals surface area contributed by atoms with Crippen LogP contribution in [0.25, 0.3) is 0 Å². The molecule has 1 heterocycles. The fraction of sp³-hybridized carbons (Fsp3) is 0.462. The van der Waals surface area contributed by atoms with E-state index in [1.807, 2.05) is 0 Å². The van der Waals surface area contributed by atoms with Gasteiger partial charge in [-0.1, -0.05) is 12.1 Å². The molecule has 1 aromatic rings. The lowest BCUT2D eigenvalue weighted by atomic mass is 10.2. The molecule has 0 unspecified atom stereocenters. The topological polar surface area (TPSA) is 49.8 Å². The highest BCUT2D eigenvalue weighted by molar-refractivity contribution is 5.78. The van der Waals surface area contributed by atoms with E-state index < -0.39 is 18.4 Å². The Hall–Kier alpha value is -1.69. The second-order valence-electron chi connectivity index (χ2n) is 4.52. The fourth-order valence-corrected chi connectivity index (χ4v) is 1.92. The Labute approximate surface area is 109 Å². The minimum atomic E-state index is -2.79. The summed E-state index contributed by atoms with van der Waals surface area (Å²) in [7, 11) is 0. The SMILES string of the molecule is O=C(COc1cccc(CO)c1)N1CCC(F)(F)C1. The summed E-state index contributed by atoms with van der Waals surface area (Å²) in [6, 6.07) is 6.65. The van der Waals surface area contributed by atoms with Gasteiger partial charge >= 0.3 is 0 Å². The molecule has 1 N–H and O–H groups in total. The summed E-state index contributed by atoms with van der Waals surface area (Å²) in [6.45, 7) is -0.869. The lowest BCUT2D eigenvalue weighted by molar-refractivity contribution is -0.133. The number of likely N-dealkylation sites (tertiary alicyclic amines) is 1. The van der Waals surface area contributed by atoms with Crippen molar-refractivity contribution in [1.29, 1.82) is 0 Å². The van der Waals surface area contributed by atoms with E-state index in [1.54, 1.807) is 24.3 Å². The molecule has 1 amide bonds. The highest BCUT2D eigenvalue weighted by atomic mass is 19.3. The maximum Gasteiger partial charge on any atom is 0.267 e. The summed E-state index contributed by atoms with van der Waals surface area (Å²) in [5.41, 5.74) is 0.664. The van der Waals surface area contributed by atoms with E-state index in [1.165, 1.54) is 0 Å². The number of aliphatic hydroxyl groups is 1. The second kappa shape index (κ2) is 5.52. The largest absolute Gasteiger partial charge is 0.484 e. The van der Waals surface area contributed by atoms with Gasteiger partial charge in [0, 0.05) is 13.0 Å². The highest BCUT2D eigenvalue weighted by Gasteiger charge is 2.40. The predicted octanol–water partition coefficient (Wildman–Crippen LogP) is 1.43. The molecule has 1 aliphatic rings. The molecule has 0 saturated carbocycles. The number of carbonyl (C=O) groups excluding carboxylic acids is 1. The zero-order valence-corrected chi connectivity index (χ0v) is 10.3. The van der Waals surface area contributed by atoms with E-state index in [0.29, 0.717) is 11.3 Å². The lowest BCUT2D eigenvalue weighted by Gasteiger charge is -2.16. The monoisotopic (exact) mass is 271 g/mol. The van der Waals surface area contributed by atoms with Gasteiger partial charge in [-0.05, 0) is 17.7 Å². The summed E-state index contributed by atoms with van der Waals surface area (Å²) in [4.78, 5) is 12.8. The zero-order valence-electron chi connectivity index (χ0n) is 10.3. The molecular weight excluding hydrogens is 256 g/mol. The fourth-order valence-electron chi connectivity index (χ4n) is 1.92. The van der Waals surface area contributed by atoms with Gasteiger partial charge < -0.3 is 14.7 Å². The van der Waals surface area contributed by atoms with Crippen molar-refractivity contribution in [2.75, 3.05) is 19.7 Å². The van der Waals surface area contributed by atoms with Gasteiger partial charge in [0.1, 0.15) is 5.75 Å². The molecule has 0 atom stereocenters. The number of alkyl halides is 2. The van der Waals surface area contributed by atoms with Crippen LogP contribution < -0.4 is 4.74 Å². The van der Waals surface area contributed by atoms with E-state index in [4.69, 9.17) is 9.84 Å². The van der Waals surface area contributed by atoms with Gasteiger partial charge in [0.2, 0.25) is 0 Å². The van der Waals surface area contributed by atoms with Crippen molar-refractivity contribution >= 4 is 5.91 Å². The van der Waals surface area contributed by atoms with Crippen LogP contribution in [0.5, 0.6) is 5.75 Å². The van der Waals surface area contributed by atoms with Crippen LogP contribution in [-0.4, -0.2) is 41.5 Å². The minimum Gasteiger partial charge on any atom is -0.484 e. The first-order valence-electron chi connectivity index (χ1n) is 5.98. The van der Waals surface area contributed by atoms with E-state index in [9.17, 15) is 13.6 Å². The van der Waals surface area contributed by atoms with Crippen molar-refractivity contribution < 1.29 is 23.4 Å². The number of rotatable bonds is 4. The second-order valence-corrected chi connectivity index (χ2v) is 4.52. The summed E-state index contributed by atoms with van der Waals surface area (Å²) >= 11 is 0. The molecule has 1 saturated heterocycles. The van der Waals surface area contributed by atoms with Crippen molar-refractivity contribution in [2.45, 2.75) is 19.0 Å². The molecule has 0 bridgehead atoms. The quantitative estimate of drug-likeness (QED) is 0.901. The average molecular weight is 271 g/mol. The summed E-state index contributed by atoms with van der Waals surface area (Å²) < 4.78 is 31.2. The van der Waals surface area contributed by atoms with Crippen LogP contribution in [0.3, 0.4) is 0 Å². The van der Waals surface area contributed by atoms with Crippen LogP contribution in [0, 0.1) is 0 Å². The number of ether oxygens (including phenoxy) is 1. The third-order valence-electron chi connectivity index (χ3n) is 2.97. The summed E-state index contributed by atoms with van der Waals surface area (Å²) in [5, 5.41) is 8.96. The van der Waals surface area contributed by atoms with Crippen molar-refractivity contribution in [1.82, 2.24) is 4.90 Å². The predicted molar refractivity (Wildman–Crippen MR) is 64.0 cm³/mol. The molecule has 4 nitrogen and oxygen atoms in total. The van der Waals surface area contributed by atoms with Gasteiger partial charge in [-0.3, -0.25) is 4.79 Å². The van der Waals surface area contributed by atoms with Crippen molar-refractivity contribution in [3.05, 3.63) is 29.8 Å². The maximum absolute atomic E-state index is 13.0. The number of carbonyl (C=O) groups is 1. The van der Waals surface area contributed by atoms with Gasteiger partial charge in [-0.15, -0.1) is 0 Å². The Morgan fingerprint density at radius 3 is 2.89 bits per heavy atom. The average Bonchev–Trinajstić information content (AvgIpc) is 2.76. The molecule has 104 valence electrons. The van der Waals surface area contributed by atoms with Gasteiger partial charge in [0.15, 0.2) is 6.61 Å². The zero-order chi connectivity index (χ0) is 13.9. The third-order valence-corrected chi connectivity index (χ3v) is 2.97. The van der Waals surface area contributed by atoms with Crippen molar-refractivity contribution in [2.24, 2.45) is 0 Å². The highest BCUT2D eigenvalue weighted by Crippen LogP contribution is 2.26. The Morgan fingerprint density at radius 2 is 2.26 bits per heavy atom. The van der Waals surface area contributed by atoms with E-state index in [0.717, 1.165) is 4.90 Å². The van der Waals surface area contributed by atoms with Crippen LogP contribution >= 0.6 is 0 Å². The van der Waals surface area contributed by atoms with Crippen LogP contribution in [0.2, 0.25) is 0 Å². The standard InChI is InChI=1S/C13H15F2NO3/c14-13(15)4-5-16(9-13)12(18)8-19-11-3-1-2-10(6-11)7-17/h1-3,6,17H,4-5,7-9H2. The molecule has 0 spiro atoms. The van der Waals surface area contributed by atoms with Crippen molar-refractivity contribution in [3.8, 4) is 5.75 Å². The van der Waals surface area contributed by atoms with Crippen LogP contribution in [0.1, 0.15) is 12.0 Å². The first kappa shape index (κ1) is 13.7. The van der Waals surface area contributed by atoms with Crippen LogP contribution in [0.15, 0.2) is 24.3 Å². The van der Waals surface area contributed by atoms with Gasteiger partial charge in [-0.25, -0.2) is 8.78 Å². The smallest absolute Gasteiger partial charge is 0.267 e. The number of hydrogen-bond acceptors (Lipinski definition) is 3. The Balaban J connectivity index is 1.86. The van der Waals surface area contributed by atoms with Crippen molar-refractivity contribution in [3.63, 3.8) is 0 Å². The lowest BCUT2D eigenvalue weighted by Crippen LogP contribution is -2.34. The molecule has 2 rings (SSSR count). The van der Waals surface area contributed by atoms with Crippen LogP contribution in [-0.2, 0) is 11.4 Å².